The van der Waals surface area contributed by atoms with Gasteiger partial charge in [0, 0.05) is 6.54 Å². The Kier molecular flexibility index (Phi) is 4.12. The van der Waals surface area contributed by atoms with Gasteiger partial charge in [0.05, 0.1) is 0 Å². The summed E-state index contributed by atoms with van der Waals surface area (Å²) in [6.45, 7) is 2.17. The van der Waals surface area contributed by atoms with E-state index in [1.54, 1.807) is 41.4 Å². The highest BCUT2D eigenvalue weighted by Crippen LogP contribution is 2.31. The van der Waals surface area contributed by atoms with E-state index in [1.807, 2.05) is 23.1 Å². The van der Waals surface area contributed by atoms with Crippen molar-refractivity contribution in [3.05, 3.63) is 28.7 Å². The Labute approximate surface area is 134 Å². The monoisotopic (exact) mass is 338 g/mol. The molecule has 0 saturated carbocycles. The van der Waals surface area contributed by atoms with E-state index in [1.165, 1.54) is 6.33 Å². The van der Waals surface area contributed by atoms with Crippen molar-refractivity contribution >= 4 is 50.6 Å². The van der Waals surface area contributed by atoms with E-state index in [-0.39, 0.29) is 0 Å². The molecule has 0 aliphatic heterocycles. The zero-order valence-electron chi connectivity index (χ0n) is 11.5. The van der Waals surface area contributed by atoms with Crippen molar-refractivity contribution in [3.8, 4) is 0 Å². The van der Waals surface area contributed by atoms with Gasteiger partial charge in [-0.15, -0.1) is 11.3 Å². The number of thiazole rings is 1. The Morgan fingerprint density at radius 2 is 2.29 bits per heavy atom. The van der Waals surface area contributed by atoms with Crippen LogP contribution in [-0.2, 0) is 5.60 Å². The molecule has 0 spiro atoms. The van der Waals surface area contributed by atoms with Gasteiger partial charge in [-0.2, -0.15) is 11.3 Å². The minimum atomic E-state index is -0.940. The van der Waals surface area contributed by atoms with E-state index >= 15 is 0 Å². The second-order valence-electron chi connectivity index (χ2n) is 4.70. The van der Waals surface area contributed by atoms with E-state index in [4.69, 9.17) is 0 Å². The van der Waals surface area contributed by atoms with Gasteiger partial charge >= 0.3 is 0 Å². The van der Waals surface area contributed by atoms with Crippen molar-refractivity contribution in [2.24, 2.45) is 0 Å². The number of thiophene rings is 1. The lowest BCUT2D eigenvalue weighted by atomic mass is 9.99. The predicted molar refractivity (Wildman–Crippen MR) is 89.4 cm³/mol. The molecule has 0 aliphatic rings. The molecule has 0 saturated heterocycles. The van der Waals surface area contributed by atoms with Gasteiger partial charge in [-0.3, -0.25) is 0 Å². The molecule has 0 aromatic carbocycles. The first kappa shape index (κ1) is 14.7. The van der Waals surface area contributed by atoms with Crippen LogP contribution in [0, 0.1) is 0 Å². The lowest BCUT2D eigenvalue weighted by Crippen LogP contribution is -2.30. The third-order valence-electron chi connectivity index (χ3n) is 3.09. The highest BCUT2D eigenvalue weighted by atomic mass is 32.2. The first-order chi connectivity index (χ1) is 10.1. The lowest BCUT2D eigenvalue weighted by molar-refractivity contribution is 0.0719. The van der Waals surface area contributed by atoms with Crippen LogP contribution in [-0.4, -0.2) is 32.9 Å². The summed E-state index contributed by atoms with van der Waals surface area (Å²) in [7, 11) is 0. The summed E-state index contributed by atoms with van der Waals surface area (Å²) in [5, 5.41) is 17.7. The summed E-state index contributed by atoms with van der Waals surface area (Å²) < 4.78 is 1.88. The molecule has 2 N–H and O–H groups in total. The van der Waals surface area contributed by atoms with E-state index in [0.29, 0.717) is 18.0 Å². The first-order valence-corrected chi connectivity index (χ1v) is 9.23. The number of anilines is 1. The van der Waals surface area contributed by atoms with E-state index in [2.05, 4.69) is 20.3 Å². The number of thioether (sulfide) groups is 1. The maximum atomic E-state index is 10.5. The normalized spacial score (nSPS) is 14.2. The smallest absolute Gasteiger partial charge is 0.176 e. The Balaban J connectivity index is 1.83. The highest BCUT2D eigenvalue weighted by molar-refractivity contribution is 8.00. The fourth-order valence-corrected chi connectivity index (χ4v) is 4.14. The van der Waals surface area contributed by atoms with Crippen molar-refractivity contribution < 1.29 is 5.11 Å². The summed E-state index contributed by atoms with van der Waals surface area (Å²) in [5.74, 6) is 0.716. The van der Waals surface area contributed by atoms with Crippen molar-refractivity contribution in [1.82, 2.24) is 15.0 Å². The summed E-state index contributed by atoms with van der Waals surface area (Å²) in [6, 6.07) is 1.93. The van der Waals surface area contributed by atoms with E-state index in [0.717, 1.165) is 14.6 Å². The number of aliphatic hydroxyl groups is 1. The maximum Gasteiger partial charge on any atom is 0.176 e. The first-order valence-electron chi connectivity index (χ1n) is 6.24. The van der Waals surface area contributed by atoms with Crippen LogP contribution in [0.2, 0.25) is 0 Å². The quantitative estimate of drug-likeness (QED) is 0.696. The number of fused-ring (bicyclic) bond motifs is 1. The van der Waals surface area contributed by atoms with E-state index in [9.17, 15) is 5.11 Å². The molecule has 8 heteroatoms. The Hall–Kier alpha value is -1.22. The van der Waals surface area contributed by atoms with Crippen LogP contribution in [0.25, 0.3) is 10.3 Å². The second kappa shape index (κ2) is 5.88. The molecule has 21 heavy (non-hydrogen) atoms. The van der Waals surface area contributed by atoms with Gasteiger partial charge in [-0.25, -0.2) is 15.0 Å². The van der Waals surface area contributed by atoms with Gasteiger partial charge in [0.1, 0.15) is 22.4 Å². The molecule has 5 nitrogen and oxygen atoms in total. The number of nitrogens with zero attached hydrogens (tertiary/aromatic N) is 3. The molecular formula is C13H14N4OS3. The van der Waals surface area contributed by atoms with E-state index < -0.39 is 5.60 Å². The molecule has 0 fully saturated rings. The highest BCUT2D eigenvalue weighted by Gasteiger charge is 2.24. The standard InChI is InChI=1S/C13H14N4OS3/c1-13(18,8-3-4-20-5-8)6-14-10-9-11(16-7-15-10)17-12(19-2)21-9/h3-5,7,18H,6H2,1-2H3,(H,14,15,16). The minimum absolute atomic E-state index is 0.377. The van der Waals surface area contributed by atoms with Crippen LogP contribution in [0.3, 0.4) is 0 Å². The van der Waals surface area contributed by atoms with Crippen LogP contribution in [0.4, 0.5) is 5.82 Å². The molecule has 1 unspecified atom stereocenters. The Morgan fingerprint density at radius 3 is 3.00 bits per heavy atom. The van der Waals surface area contributed by atoms with Gasteiger partial charge in [0.25, 0.3) is 0 Å². The van der Waals surface area contributed by atoms with Crippen molar-refractivity contribution in [1.29, 1.82) is 0 Å². The molecule has 110 valence electrons. The van der Waals surface area contributed by atoms with Crippen molar-refractivity contribution in [3.63, 3.8) is 0 Å². The molecule has 3 rings (SSSR count). The number of aromatic nitrogens is 3. The summed E-state index contributed by atoms with van der Waals surface area (Å²) in [4.78, 5) is 12.9. The summed E-state index contributed by atoms with van der Waals surface area (Å²) >= 11 is 4.72. The predicted octanol–water partition coefficient (Wildman–Crippen LogP) is 3.19. The summed E-state index contributed by atoms with van der Waals surface area (Å²) in [6.07, 6.45) is 3.48. The van der Waals surface area contributed by atoms with Crippen LogP contribution < -0.4 is 5.32 Å². The maximum absolute atomic E-state index is 10.5. The number of nitrogens with one attached hydrogen (secondary N) is 1. The summed E-state index contributed by atoms with van der Waals surface area (Å²) in [5.41, 5.74) is 0.654. The molecular weight excluding hydrogens is 324 g/mol. The SMILES string of the molecule is CSc1nc2ncnc(NCC(C)(O)c3ccsc3)c2s1. The lowest BCUT2D eigenvalue weighted by Gasteiger charge is -2.23. The Morgan fingerprint density at radius 1 is 1.43 bits per heavy atom. The van der Waals surface area contributed by atoms with Crippen LogP contribution in [0.15, 0.2) is 27.5 Å². The van der Waals surface area contributed by atoms with Crippen LogP contribution in [0.5, 0.6) is 0 Å². The number of hydrogen-bond acceptors (Lipinski definition) is 8. The third kappa shape index (κ3) is 3.03. The van der Waals surface area contributed by atoms with Crippen LogP contribution in [0.1, 0.15) is 12.5 Å². The second-order valence-corrected chi connectivity index (χ2v) is 7.53. The zero-order chi connectivity index (χ0) is 14.9. The van der Waals surface area contributed by atoms with Crippen molar-refractivity contribution in [2.45, 2.75) is 16.9 Å². The molecule has 0 radical (unpaired) electrons. The molecule has 3 aromatic rings. The average molecular weight is 338 g/mol. The van der Waals surface area contributed by atoms with Crippen LogP contribution >= 0.6 is 34.4 Å². The van der Waals surface area contributed by atoms with Gasteiger partial charge < -0.3 is 10.4 Å². The number of rotatable bonds is 5. The molecule has 0 bridgehead atoms. The largest absolute Gasteiger partial charge is 0.384 e. The van der Waals surface area contributed by atoms with Gasteiger partial charge in [-0.05, 0) is 35.6 Å². The molecule has 0 aliphatic carbocycles. The molecule has 3 aromatic heterocycles. The average Bonchev–Trinajstić information content (AvgIpc) is 3.13. The molecule has 3 heterocycles. The topological polar surface area (TPSA) is 70.9 Å². The zero-order valence-corrected chi connectivity index (χ0v) is 14.0. The Bertz CT molecular complexity index is 739. The van der Waals surface area contributed by atoms with Crippen molar-refractivity contribution in [2.75, 3.05) is 18.1 Å². The molecule has 0 amide bonds. The van der Waals surface area contributed by atoms with Gasteiger partial charge in [-0.1, -0.05) is 11.8 Å². The number of hydrogen-bond donors (Lipinski definition) is 2. The fourth-order valence-electron chi connectivity index (χ4n) is 1.88. The third-order valence-corrected chi connectivity index (χ3v) is 5.81. The van der Waals surface area contributed by atoms with Gasteiger partial charge in [0.15, 0.2) is 9.99 Å². The van der Waals surface area contributed by atoms with Gasteiger partial charge in [0.2, 0.25) is 0 Å². The molecule has 1 atom stereocenters. The fraction of sp³-hybridized carbons (Fsp3) is 0.308. The minimum Gasteiger partial charge on any atom is -0.384 e.